The Labute approximate surface area is 150 Å². The van der Waals surface area contributed by atoms with Crippen molar-refractivity contribution in [2.75, 3.05) is 14.1 Å². The third-order valence-electron chi connectivity index (χ3n) is 2.79. The molecular formula is C14H25IN4O2S. The SMILES string of the molecule is CN=C(NC)NCc1ccccc1CS(=O)(=O)NC(C)C.I. The van der Waals surface area contributed by atoms with Gasteiger partial charge in [0.2, 0.25) is 10.0 Å². The number of guanidine groups is 1. The minimum atomic E-state index is -3.33. The van der Waals surface area contributed by atoms with Gasteiger partial charge in [-0.1, -0.05) is 24.3 Å². The highest BCUT2D eigenvalue weighted by atomic mass is 127. The summed E-state index contributed by atoms with van der Waals surface area (Å²) in [6, 6.07) is 7.37. The Balaban J connectivity index is 0.00000441. The van der Waals surface area contributed by atoms with Crippen molar-refractivity contribution >= 4 is 40.0 Å². The van der Waals surface area contributed by atoms with Gasteiger partial charge in [0.1, 0.15) is 0 Å². The summed E-state index contributed by atoms with van der Waals surface area (Å²) in [4.78, 5) is 4.03. The van der Waals surface area contributed by atoms with Crippen molar-refractivity contribution in [1.29, 1.82) is 0 Å². The van der Waals surface area contributed by atoms with Crippen LogP contribution in [-0.2, 0) is 22.3 Å². The van der Waals surface area contributed by atoms with Crippen molar-refractivity contribution < 1.29 is 8.42 Å². The van der Waals surface area contributed by atoms with Gasteiger partial charge < -0.3 is 10.6 Å². The van der Waals surface area contributed by atoms with Crippen LogP contribution in [0.15, 0.2) is 29.3 Å². The number of aliphatic imine (C=N–C) groups is 1. The fourth-order valence-electron chi connectivity index (χ4n) is 1.93. The van der Waals surface area contributed by atoms with Crippen LogP contribution >= 0.6 is 24.0 Å². The van der Waals surface area contributed by atoms with Crippen LogP contribution in [0.1, 0.15) is 25.0 Å². The van der Waals surface area contributed by atoms with Crippen molar-refractivity contribution in [3.63, 3.8) is 0 Å². The Bertz CT molecular complexity index is 588. The number of nitrogens with one attached hydrogen (secondary N) is 3. The van der Waals surface area contributed by atoms with E-state index in [2.05, 4.69) is 20.3 Å². The summed E-state index contributed by atoms with van der Waals surface area (Å²) >= 11 is 0. The van der Waals surface area contributed by atoms with Crippen molar-refractivity contribution in [2.45, 2.75) is 32.2 Å². The second kappa shape index (κ2) is 10.0. The van der Waals surface area contributed by atoms with E-state index in [9.17, 15) is 8.42 Å². The number of halogens is 1. The smallest absolute Gasteiger partial charge is 0.216 e. The monoisotopic (exact) mass is 440 g/mol. The number of benzene rings is 1. The molecule has 1 aromatic carbocycles. The van der Waals surface area contributed by atoms with E-state index in [0.717, 1.165) is 11.1 Å². The van der Waals surface area contributed by atoms with E-state index in [-0.39, 0.29) is 35.8 Å². The molecule has 0 amide bonds. The maximum atomic E-state index is 12.0. The van der Waals surface area contributed by atoms with Gasteiger partial charge in [0, 0.05) is 26.7 Å². The lowest BCUT2D eigenvalue weighted by Crippen LogP contribution is -2.35. The molecule has 0 atom stereocenters. The van der Waals surface area contributed by atoms with Gasteiger partial charge >= 0.3 is 0 Å². The van der Waals surface area contributed by atoms with Crippen LogP contribution in [0.5, 0.6) is 0 Å². The largest absolute Gasteiger partial charge is 0.359 e. The van der Waals surface area contributed by atoms with Crippen LogP contribution in [0, 0.1) is 0 Å². The maximum Gasteiger partial charge on any atom is 0.216 e. The Kier molecular flexibility index (Phi) is 9.61. The van der Waals surface area contributed by atoms with Gasteiger partial charge in [-0.2, -0.15) is 0 Å². The summed E-state index contributed by atoms with van der Waals surface area (Å²) in [5.41, 5.74) is 1.72. The summed E-state index contributed by atoms with van der Waals surface area (Å²) < 4.78 is 26.7. The van der Waals surface area contributed by atoms with Crippen LogP contribution in [0.2, 0.25) is 0 Å². The predicted molar refractivity (Wildman–Crippen MR) is 102 cm³/mol. The number of nitrogens with zero attached hydrogens (tertiary/aromatic N) is 1. The van der Waals surface area contributed by atoms with E-state index in [1.54, 1.807) is 14.1 Å². The quantitative estimate of drug-likeness (QED) is 0.355. The first-order valence-corrected chi connectivity index (χ1v) is 8.48. The van der Waals surface area contributed by atoms with E-state index in [1.807, 2.05) is 38.1 Å². The molecule has 0 aliphatic carbocycles. The molecule has 0 unspecified atom stereocenters. The van der Waals surface area contributed by atoms with Crippen molar-refractivity contribution in [3.8, 4) is 0 Å². The zero-order chi connectivity index (χ0) is 15.9. The van der Waals surface area contributed by atoms with Crippen LogP contribution in [-0.4, -0.2) is 34.5 Å². The van der Waals surface area contributed by atoms with Crippen LogP contribution in [0.4, 0.5) is 0 Å². The fourth-order valence-corrected chi connectivity index (χ4v) is 3.43. The average molecular weight is 440 g/mol. The molecule has 8 heteroatoms. The van der Waals surface area contributed by atoms with Gasteiger partial charge in [-0.3, -0.25) is 4.99 Å². The highest BCUT2D eigenvalue weighted by molar-refractivity contribution is 14.0. The maximum absolute atomic E-state index is 12.0. The first-order chi connectivity index (χ1) is 9.88. The van der Waals surface area contributed by atoms with E-state index in [1.165, 1.54) is 0 Å². The highest BCUT2D eigenvalue weighted by Gasteiger charge is 2.15. The molecule has 0 saturated carbocycles. The van der Waals surface area contributed by atoms with Crippen molar-refractivity contribution in [1.82, 2.24) is 15.4 Å². The third kappa shape index (κ3) is 7.41. The zero-order valence-electron chi connectivity index (χ0n) is 13.4. The summed E-state index contributed by atoms with van der Waals surface area (Å²) in [5, 5.41) is 6.05. The normalized spacial score (nSPS) is 12.0. The van der Waals surface area contributed by atoms with E-state index in [0.29, 0.717) is 12.5 Å². The van der Waals surface area contributed by atoms with E-state index < -0.39 is 10.0 Å². The Hall–Kier alpha value is -0.870. The zero-order valence-corrected chi connectivity index (χ0v) is 16.5. The topological polar surface area (TPSA) is 82.6 Å². The van der Waals surface area contributed by atoms with Gasteiger partial charge in [-0.15, -0.1) is 24.0 Å². The number of hydrogen-bond donors (Lipinski definition) is 3. The lowest BCUT2D eigenvalue weighted by molar-refractivity contribution is 0.568. The fraction of sp³-hybridized carbons (Fsp3) is 0.500. The minimum absolute atomic E-state index is 0. The van der Waals surface area contributed by atoms with Gasteiger partial charge in [-0.05, 0) is 25.0 Å². The first kappa shape index (κ1) is 21.1. The van der Waals surface area contributed by atoms with Gasteiger partial charge in [-0.25, -0.2) is 13.1 Å². The predicted octanol–water partition coefficient (Wildman–Crippen LogP) is 1.43. The summed E-state index contributed by atoms with van der Waals surface area (Å²) in [5.74, 6) is 0.634. The standard InChI is InChI=1S/C14H24N4O2S.HI/c1-11(2)18-21(19,20)10-13-8-6-5-7-12(13)9-17-14(15-3)16-4;/h5-8,11,18H,9-10H2,1-4H3,(H2,15,16,17);1H. The molecule has 3 N–H and O–H groups in total. The lowest BCUT2D eigenvalue weighted by Gasteiger charge is -2.14. The number of rotatable bonds is 6. The third-order valence-corrected chi connectivity index (χ3v) is 4.31. The summed E-state index contributed by atoms with van der Waals surface area (Å²) in [7, 11) is 0.129. The Morgan fingerprint density at radius 1 is 1.23 bits per heavy atom. The Morgan fingerprint density at radius 3 is 2.32 bits per heavy atom. The van der Waals surface area contributed by atoms with Crippen LogP contribution < -0.4 is 15.4 Å². The van der Waals surface area contributed by atoms with Crippen molar-refractivity contribution in [2.24, 2.45) is 4.99 Å². The van der Waals surface area contributed by atoms with E-state index in [4.69, 9.17) is 0 Å². The molecule has 0 aliphatic rings. The molecule has 0 heterocycles. The molecule has 0 bridgehead atoms. The second-order valence-electron chi connectivity index (χ2n) is 4.98. The molecule has 0 radical (unpaired) electrons. The molecule has 22 heavy (non-hydrogen) atoms. The van der Waals surface area contributed by atoms with Gasteiger partial charge in [0.05, 0.1) is 5.75 Å². The summed E-state index contributed by atoms with van der Waals surface area (Å²) in [6.45, 7) is 4.13. The Morgan fingerprint density at radius 2 is 1.82 bits per heavy atom. The number of sulfonamides is 1. The molecule has 0 aromatic heterocycles. The van der Waals surface area contributed by atoms with E-state index >= 15 is 0 Å². The van der Waals surface area contributed by atoms with Gasteiger partial charge in [0.15, 0.2) is 5.96 Å². The molecular weight excluding hydrogens is 415 g/mol. The molecule has 1 rings (SSSR count). The van der Waals surface area contributed by atoms with Crippen molar-refractivity contribution in [3.05, 3.63) is 35.4 Å². The van der Waals surface area contributed by atoms with Crippen LogP contribution in [0.3, 0.4) is 0 Å². The molecule has 0 aliphatic heterocycles. The second-order valence-corrected chi connectivity index (χ2v) is 6.73. The highest BCUT2D eigenvalue weighted by Crippen LogP contribution is 2.12. The molecule has 0 spiro atoms. The number of hydrogen-bond acceptors (Lipinski definition) is 3. The molecule has 6 nitrogen and oxygen atoms in total. The molecule has 126 valence electrons. The molecule has 1 aromatic rings. The van der Waals surface area contributed by atoms with Crippen LogP contribution in [0.25, 0.3) is 0 Å². The molecule has 0 saturated heterocycles. The first-order valence-electron chi connectivity index (χ1n) is 6.83. The lowest BCUT2D eigenvalue weighted by atomic mass is 10.1. The minimum Gasteiger partial charge on any atom is -0.359 e. The summed E-state index contributed by atoms with van der Waals surface area (Å²) in [6.07, 6.45) is 0. The average Bonchev–Trinajstić information content (AvgIpc) is 2.39. The molecule has 0 fully saturated rings. The van der Waals surface area contributed by atoms with Gasteiger partial charge in [0.25, 0.3) is 0 Å².